The SMILES string of the molecule is CC[C@H](NC(=O)C(CC(=O)N(C)CCN1CCCC(F)(F)C1)Cc1ccccc1)C(=O)N[C@@H](CC1CCCCC1)[C@@H](O)[C@@H](O)CC(C)C. The number of rotatable bonds is 18. The second-order valence-electron chi connectivity index (χ2n) is 14.7. The van der Waals surface area contributed by atoms with Gasteiger partial charge in [-0.05, 0) is 56.0 Å². The molecule has 4 N–H and O–H groups in total. The average Bonchev–Trinajstić information content (AvgIpc) is 3.05. The molecule has 1 heterocycles. The van der Waals surface area contributed by atoms with E-state index in [-0.39, 0.29) is 44.2 Å². The molecule has 3 amide bonds. The van der Waals surface area contributed by atoms with Gasteiger partial charge in [0.15, 0.2) is 0 Å². The molecule has 0 radical (unpaired) electrons. The third-order valence-electron chi connectivity index (χ3n) is 9.97. The fourth-order valence-electron chi connectivity index (χ4n) is 7.06. The number of carbonyl (C=O) groups excluding carboxylic acids is 3. The second kappa shape index (κ2) is 19.5. The van der Waals surface area contributed by atoms with Crippen LogP contribution in [-0.2, 0) is 20.8 Å². The van der Waals surface area contributed by atoms with Crippen molar-refractivity contribution in [1.82, 2.24) is 20.4 Å². The van der Waals surface area contributed by atoms with E-state index in [0.717, 1.165) is 31.2 Å². The average molecular weight is 679 g/mol. The molecule has 1 unspecified atom stereocenters. The third-order valence-corrected chi connectivity index (χ3v) is 9.97. The lowest BCUT2D eigenvalue weighted by Gasteiger charge is -2.34. The van der Waals surface area contributed by atoms with Gasteiger partial charge in [0, 0.05) is 33.0 Å². The number of amides is 3. The van der Waals surface area contributed by atoms with Gasteiger partial charge in [-0.1, -0.05) is 83.2 Å². The number of hydrogen-bond donors (Lipinski definition) is 4. The lowest BCUT2D eigenvalue weighted by atomic mass is 9.82. The summed E-state index contributed by atoms with van der Waals surface area (Å²) < 4.78 is 27.7. The molecule has 272 valence electrons. The number of nitrogens with one attached hydrogen (secondary N) is 2. The van der Waals surface area contributed by atoms with Gasteiger partial charge in [0.2, 0.25) is 17.7 Å². The zero-order valence-electron chi connectivity index (χ0n) is 29.5. The molecular weight excluding hydrogens is 618 g/mol. The molecule has 0 aromatic heterocycles. The van der Waals surface area contributed by atoms with Crippen LogP contribution in [0.5, 0.6) is 0 Å². The number of carbonyl (C=O) groups is 3. The fourth-order valence-corrected chi connectivity index (χ4v) is 7.06. The van der Waals surface area contributed by atoms with Gasteiger partial charge in [0.05, 0.1) is 24.6 Å². The topological polar surface area (TPSA) is 122 Å². The van der Waals surface area contributed by atoms with Crippen molar-refractivity contribution in [3.8, 4) is 0 Å². The number of piperidine rings is 1. The quantitative estimate of drug-likeness (QED) is 0.181. The largest absolute Gasteiger partial charge is 0.390 e. The first-order chi connectivity index (χ1) is 22.8. The summed E-state index contributed by atoms with van der Waals surface area (Å²) in [5, 5.41) is 27.8. The molecule has 3 rings (SSSR count). The molecule has 0 bridgehead atoms. The van der Waals surface area contributed by atoms with Crippen LogP contribution in [0.3, 0.4) is 0 Å². The first kappa shape index (κ1) is 39.8. The first-order valence-corrected chi connectivity index (χ1v) is 18.1. The van der Waals surface area contributed by atoms with Crippen LogP contribution in [-0.4, -0.2) is 101 Å². The number of nitrogens with zero attached hydrogens (tertiary/aromatic N) is 2. The fraction of sp³-hybridized carbons (Fsp3) is 0.757. The highest BCUT2D eigenvalue weighted by Gasteiger charge is 2.36. The predicted octanol–water partition coefficient (Wildman–Crippen LogP) is 4.54. The van der Waals surface area contributed by atoms with Crippen molar-refractivity contribution in [2.75, 3.05) is 33.2 Å². The molecule has 1 saturated carbocycles. The maximum Gasteiger partial charge on any atom is 0.260 e. The highest BCUT2D eigenvalue weighted by atomic mass is 19.3. The summed E-state index contributed by atoms with van der Waals surface area (Å²) in [5.41, 5.74) is 0.871. The number of halogens is 2. The normalized spacial score (nSPS) is 20.4. The van der Waals surface area contributed by atoms with Gasteiger partial charge in [-0.2, -0.15) is 0 Å². The van der Waals surface area contributed by atoms with Crippen LogP contribution >= 0.6 is 0 Å². The summed E-state index contributed by atoms with van der Waals surface area (Å²) in [6.45, 7) is 6.57. The summed E-state index contributed by atoms with van der Waals surface area (Å²) >= 11 is 0. The minimum absolute atomic E-state index is 0.101. The van der Waals surface area contributed by atoms with E-state index in [1.165, 1.54) is 11.3 Å². The van der Waals surface area contributed by atoms with E-state index in [4.69, 9.17) is 0 Å². The third kappa shape index (κ3) is 13.3. The molecule has 0 spiro atoms. The second-order valence-corrected chi connectivity index (χ2v) is 14.7. The van der Waals surface area contributed by atoms with Gasteiger partial charge in [0.25, 0.3) is 5.92 Å². The minimum atomic E-state index is -2.72. The number of hydrogen-bond acceptors (Lipinski definition) is 6. The van der Waals surface area contributed by atoms with Crippen LogP contribution in [0.25, 0.3) is 0 Å². The molecule has 1 aromatic carbocycles. The van der Waals surface area contributed by atoms with E-state index < -0.39 is 47.9 Å². The van der Waals surface area contributed by atoms with E-state index in [0.29, 0.717) is 44.7 Å². The smallest absolute Gasteiger partial charge is 0.260 e. The van der Waals surface area contributed by atoms with Crippen LogP contribution < -0.4 is 10.6 Å². The van der Waals surface area contributed by atoms with Gasteiger partial charge in [-0.15, -0.1) is 0 Å². The van der Waals surface area contributed by atoms with Crippen molar-refractivity contribution in [1.29, 1.82) is 0 Å². The van der Waals surface area contributed by atoms with Crippen molar-refractivity contribution in [3.63, 3.8) is 0 Å². The molecule has 1 aliphatic heterocycles. The summed E-state index contributed by atoms with van der Waals surface area (Å²) in [6.07, 6.45) is 5.02. The summed E-state index contributed by atoms with van der Waals surface area (Å²) in [4.78, 5) is 43.9. The Kier molecular flexibility index (Phi) is 16.2. The number of alkyl halides is 2. The summed E-state index contributed by atoms with van der Waals surface area (Å²) in [5.74, 6) is -4.11. The van der Waals surface area contributed by atoms with Gasteiger partial charge in [-0.25, -0.2) is 8.78 Å². The van der Waals surface area contributed by atoms with E-state index in [1.807, 2.05) is 44.2 Å². The Labute approximate surface area is 286 Å². The Bertz CT molecular complexity index is 1130. The lowest BCUT2D eigenvalue weighted by Crippen LogP contribution is -2.56. The van der Waals surface area contributed by atoms with E-state index in [9.17, 15) is 33.4 Å². The molecule has 1 aliphatic carbocycles. The van der Waals surface area contributed by atoms with Crippen LogP contribution in [0.1, 0.15) is 97.0 Å². The molecule has 1 saturated heterocycles. The number of aliphatic hydroxyl groups excluding tert-OH is 2. The molecule has 2 aliphatic rings. The molecule has 1 aromatic rings. The van der Waals surface area contributed by atoms with E-state index in [2.05, 4.69) is 10.6 Å². The zero-order valence-corrected chi connectivity index (χ0v) is 29.5. The molecule has 2 fully saturated rings. The maximum atomic E-state index is 13.9. The lowest BCUT2D eigenvalue weighted by molar-refractivity contribution is -0.137. The number of likely N-dealkylation sites (N-methyl/N-ethyl adjacent to an activating group) is 1. The highest BCUT2D eigenvalue weighted by molar-refractivity contribution is 5.91. The zero-order chi connectivity index (χ0) is 35.3. The summed E-state index contributed by atoms with van der Waals surface area (Å²) in [7, 11) is 1.62. The van der Waals surface area contributed by atoms with Crippen molar-refractivity contribution < 1.29 is 33.4 Å². The monoisotopic (exact) mass is 678 g/mol. The van der Waals surface area contributed by atoms with Gasteiger partial charge in [0.1, 0.15) is 12.1 Å². The van der Waals surface area contributed by atoms with Crippen molar-refractivity contribution in [2.24, 2.45) is 17.8 Å². The van der Waals surface area contributed by atoms with Crippen LogP contribution in [0.2, 0.25) is 0 Å². The van der Waals surface area contributed by atoms with Crippen LogP contribution in [0, 0.1) is 17.8 Å². The molecular formula is C37H60F2N4O5. The van der Waals surface area contributed by atoms with Gasteiger partial charge in [-0.3, -0.25) is 19.3 Å². The minimum Gasteiger partial charge on any atom is -0.390 e. The molecule has 9 nitrogen and oxygen atoms in total. The Balaban J connectivity index is 1.68. The van der Waals surface area contributed by atoms with Crippen molar-refractivity contribution in [3.05, 3.63) is 35.9 Å². The number of benzene rings is 1. The van der Waals surface area contributed by atoms with Crippen LogP contribution in [0.15, 0.2) is 30.3 Å². The molecule has 48 heavy (non-hydrogen) atoms. The Hall–Kier alpha value is -2.63. The molecule has 5 atom stereocenters. The number of aliphatic hydroxyl groups is 2. The highest BCUT2D eigenvalue weighted by Crippen LogP contribution is 2.29. The summed E-state index contributed by atoms with van der Waals surface area (Å²) in [6, 6.07) is 7.81. The van der Waals surface area contributed by atoms with E-state index >= 15 is 0 Å². The van der Waals surface area contributed by atoms with Crippen molar-refractivity contribution >= 4 is 17.7 Å². The predicted molar refractivity (Wildman–Crippen MR) is 183 cm³/mol. The number of likely N-dealkylation sites (tertiary alicyclic amines) is 1. The maximum absolute atomic E-state index is 13.9. The van der Waals surface area contributed by atoms with Crippen LogP contribution in [0.4, 0.5) is 8.78 Å². The standard InChI is InChI=1S/C37H60F2N4O5/c1-5-30(36(48)41-31(23-28-15-10-7-11-16-28)34(46)32(44)21-26(2)3)40-35(47)29(22-27-13-8-6-9-14-27)24-33(45)42(4)19-20-43-18-12-17-37(38,39)25-43/h6,8-9,13-14,26,28-32,34,44,46H,5,7,10-12,15-25H2,1-4H3,(H,40,47)(H,41,48)/t29?,30-,31-,32-,34+/m0/s1. The Morgan fingerprint density at radius 1 is 1.02 bits per heavy atom. The van der Waals surface area contributed by atoms with Gasteiger partial charge >= 0.3 is 0 Å². The first-order valence-electron chi connectivity index (χ1n) is 18.1. The van der Waals surface area contributed by atoms with E-state index in [1.54, 1.807) is 18.9 Å². The Morgan fingerprint density at radius 3 is 2.33 bits per heavy atom. The molecule has 11 heteroatoms. The Morgan fingerprint density at radius 2 is 1.71 bits per heavy atom. The van der Waals surface area contributed by atoms with Crippen molar-refractivity contribution in [2.45, 2.75) is 128 Å². The van der Waals surface area contributed by atoms with Gasteiger partial charge < -0.3 is 25.7 Å².